The normalized spacial score (nSPS) is 27.3. The number of thiazole rings is 1. The Morgan fingerprint density at radius 3 is 2.66 bits per heavy atom. The molecule has 0 radical (unpaired) electrons. The summed E-state index contributed by atoms with van der Waals surface area (Å²) in [6, 6.07) is 2.24. The minimum Gasteiger partial charge on any atom is -0.396 e. The molecule has 10 heteroatoms. The average molecular weight is 497 g/mol. The van der Waals surface area contributed by atoms with Gasteiger partial charge in [0.05, 0.1) is 21.7 Å². The summed E-state index contributed by atoms with van der Waals surface area (Å²) < 4.78 is 1.06. The van der Waals surface area contributed by atoms with Crippen molar-refractivity contribution in [2.24, 2.45) is 11.8 Å². The average Bonchev–Trinajstić information content (AvgIpc) is 3.75. The predicted molar refractivity (Wildman–Crippen MR) is 135 cm³/mol. The molecule has 0 aromatic carbocycles. The zero-order valence-corrected chi connectivity index (χ0v) is 20.8. The molecular formula is C25H32N6O3S. The molecule has 0 amide bonds. The van der Waals surface area contributed by atoms with E-state index in [0.29, 0.717) is 42.0 Å². The Kier molecular flexibility index (Phi) is 5.67. The number of hydrogen-bond acceptors (Lipinski definition) is 10. The monoisotopic (exact) mass is 496 g/mol. The van der Waals surface area contributed by atoms with Crippen LogP contribution in [-0.4, -0.2) is 59.7 Å². The number of hydrogen-bond donors (Lipinski definition) is 5. The van der Waals surface area contributed by atoms with E-state index in [2.05, 4.69) is 22.5 Å². The molecule has 9 nitrogen and oxygen atoms in total. The van der Waals surface area contributed by atoms with Gasteiger partial charge in [0.25, 0.3) is 0 Å². The summed E-state index contributed by atoms with van der Waals surface area (Å²) in [6.45, 7) is 3.88. The molecule has 0 saturated heterocycles. The van der Waals surface area contributed by atoms with Crippen LogP contribution in [0, 0.1) is 18.8 Å². The number of nitrogens with zero attached hydrogens (tertiary/aromatic N) is 4. The van der Waals surface area contributed by atoms with E-state index in [1.807, 2.05) is 19.2 Å². The molecule has 3 heterocycles. The fourth-order valence-corrected chi connectivity index (χ4v) is 6.24. The second-order valence-electron chi connectivity index (χ2n) is 10.4. The SMILES string of the molecule is Cc1nc(NC(C)C2CC2)nc(NC2(O)CCC(CO)C2O)c1-c1nc2c(C3CC3)nccc2s1. The van der Waals surface area contributed by atoms with E-state index >= 15 is 0 Å². The Bertz CT molecular complexity index is 1260. The molecule has 3 aliphatic rings. The van der Waals surface area contributed by atoms with E-state index in [9.17, 15) is 15.3 Å². The van der Waals surface area contributed by atoms with Gasteiger partial charge in [0, 0.05) is 30.7 Å². The molecule has 4 unspecified atom stereocenters. The molecule has 3 aromatic heterocycles. The summed E-state index contributed by atoms with van der Waals surface area (Å²) in [6.07, 6.45) is 6.25. The second kappa shape index (κ2) is 8.62. The van der Waals surface area contributed by atoms with E-state index in [4.69, 9.17) is 15.0 Å². The summed E-state index contributed by atoms with van der Waals surface area (Å²) in [5.74, 6) is 1.64. The summed E-state index contributed by atoms with van der Waals surface area (Å²) in [7, 11) is 0. The van der Waals surface area contributed by atoms with Gasteiger partial charge in [0.1, 0.15) is 22.4 Å². The maximum atomic E-state index is 11.3. The van der Waals surface area contributed by atoms with E-state index in [-0.39, 0.29) is 18.6 Å². The predicted octanol–water partition coefficient (Wildman–Crippen LogP) is 3.41. The van der Waals surface area contributed by atoms with E-state index in [1.165, 1.54) is 12.8 Å². The van der Waals surface area contributed by atoms with Crippen LogP contribution < -0.4 is 10.6 Å². The third-order valence-corrected chi connectivity index (χ3v) is 8.73. The first kappa shape index (κ1) is 23.0. The third kappa shape index (κ3) is 4.26. The van der Waals surface area contributed by atoms with Gasteiger partial charge < -0.3 is 26.0 Å². The summed E-state index contributed by atoms with van der Waals surface area (Å²) in [4.78, 5) is 19.1. The Morgan fingerprint density at radius 2 is 1.97 bits per heavy atom. The summed E-state index contributed by atoms with van der Waals surface area (Å²) in [5.41, 5.74) is 1.82. The van der Waals surface area contributed by atoms with Crippen molar-refractivity contribution in [3.05, 3.63) is 23.7 Å². The van der Waals surface area contributed by atoms with Crippen molar-refractivity contribution >= 4 is 33.3 Å². The number of rotatable bonds is 8. The van der Waals surface area contributed by atoms with Crippen molar-refractivity contribution < 1.29 is 15.3 Å². The fourth-order valence-electron chi connectivity index (χ4n) is 5.17. The van der Waals surface area contributed by atoms with Crippen LogP contribution in [0.3, 0.4) is 0 Å². The molecule has 186 valence electrons. The first-order chi connectivity index (χ1) is 16.9. The van der Waals surface area contributed by atoms with Crippen molar-refractivity contribution in [2.75, 3.05) is 17.2 Å². The molecule has 0 spiro atoms. The Morgan fingerprint density at radius 1 is 1.17 bits per heavy atom. The van der Waals surface area contributed by atoms with Crippen LogP contribution in [-0.2, 0) is 0 Å². The van der Waals surface area contributed by atoms with Gasteiger partial charge in [0.2, 0.25) is 5.95 Å². The van der Waals surface area contributed by atoms with Gasteiger partial charge in [-0.1, -0.05) is 0 Å². The standard InChI is InChI=1S/C25H32N6O3S/c1-12(14-3-4-14)27-24-28-13(2)18(22(30-24)31-25(34)9-7-16(11-32)21(25)33)23-29-20-17(35-23)8-10-26-19(20)15-5-6-15/h8,10,12,14-16,21,32-34H,3-7,9,11H2,1-2H3,(H2,27,28,30,31). The summed E-state index contributed by atoms with van der Waals surface area (Å²) >= 11 is 1.56. The van der Waals surface area contributed by atoms with Crippen molar-refractivity contribution in [3.63, 3.8) is 0 Å². The van der Waals surface area contributed by atoms with Crippen molar-refractivity contribution in [2.45, 2.75) is 76.2 Å². The lowest BCUT2D eigenvalue weighted by molar-refractivity contribution is -0.0545. The molecular weight excluding hydrogens is 464 g/mol. The number of anilines is 2. The van der Waals surface area contributed by atoms with E-state index < -0.39 is 11.8 Å². The molecule has 4 atom stereocenters. The quantitative estimate of drug-likeness (QED) is 0.297. The minimum atomic E-state index is -1.60. The molecule has 3 aliphatic carbocycles. The number of pyridine rings is 1. The van der Waals surface area contributed by atoms with Gasteiger partial charge in [-0.05, 0) is 64.4 Å². The minimum absolute atomic E-state index is 0.179. The lowest BCUT2D eigenvalue weighted by Crippen LogP contribution is -2.48. The van der Waals surface area contributed by atoms with Crippen LogP contribution >= 0.6 is 11.3 Å². The van der Waals surface area contributed by atoms with Gasteiger partial charge in [-0.25, -0.2) is 9.97 Å². The number of nitrogens with one attached hydrogen (secondary N) is 2. The Balaban J connectivity index is 1.43. The number of aromatic nitrogens is 4. The third-order valence-electron chi connectivity index (χ3n) is 7.69. The van der Waals surface area contributed by atoms with Crippen LogP contribution in [0.2, 0.25) is 0 Å². The second-order valence-corrected chi connectivity index (χ2v) is 11.5. The highest BCUT2D eigenvalue weighted by molar-refractivity contribution is 7.21. The maximum absolute atomic E-state index is 11.3. The van der Waals surface area contributed by atoms with Gasteiger partial charge >= 0.3 is 0 Å². The van der Waals surface area contributed by atoms with Crippen LogP contribution in [0.1, 0.15) is 62.8 Å². The zero-order valence-electron chi connectivity index (χ0n) is 20.0. The fraction of sp³-hybridized carbons (Fsp3) is 0.600. The highest BCUT2D eigenvalue weighted by Crippen LogP contribution is 2.45. The van der Waals surface area contributed by atoms with Gasteiger partial charge in [-0.15, -0.1) is 11.3 Å². The number of aliphatic hydroxyl groups excluding tert-OH is 2. The molecule has 3 saturated carbocycles. The smallest absolute Gasteiger partial charge is 0.225 e. The van der Waals surface area contributed by atoms with Crippen LogP contribution in [0.15, 0.2) is 12.3 Å². The Labute approximate surface area is 208 Å². The molecule has 0 aliphatic heterocycles. The van der Waals surface area contributed by atoms with Crippen LogP contribution in [0.4, 0.5) is 11.8 Å². The lowest BCUT2D eigenvalue weighted by atomic mass is 10.0. The van der Waals surface area contributed by atoms with Gasteiger partial charge in [-0.2, -0.15) is 4.98 Å². The molecule has 6 rings (SSSR count). The lowest BCUT2D eigenvalue weighted by Gasteiger charge is -2.31. The largest absolute Gasteiger partial charge is 0.396 e. The molecule has 3 fully saturated rings. The van der Waals surface area contributed by atoms with Gasteiger partial charge in [0.15, 0.2) is 5.72 Å². The first-order valence-electron chi connectivity index (χ1n) is 12.6. The number of aryl methyl sites for hydroxylation is 1. The van der Waals surface area contributed by atoms with Crippen molar-refractivity contribution in [3.8, 4) is 10.6 Å². The number of fused-ring (bicyclic) bond motifs is 1. The molecule has 5 N–H and O–H groups in total. The van der Waals surface area contributed by atoms with E-state index in [0.717, 1.165) is 39.5 Å². The molecule has 0 bridgehead atoms. The van der Waals surface area contributed by atoms with Gasteiger partial charge in [-0.3, -0.25) is 4.98 Å². The van der Waals surface area contributed by atoms with Crippen molar-refractivity contribution in [1.29, 1.82) is 0 Å². The summed E-state index contributed by atoms with van der Waals surface area (Å²) in [5, 5.41) is 39.0. The topological polar surface area (TPSA) is 136 Å². The zero-order chi connectivity index (χ0) is 24.3. The Hall–Kier alpha value is -2.40. The van der Waals surface area contributed by atoms with Crippen LogP contribution in [0.5, 0.6) is 0 Å². The molecule has 3 aromatic rings. The van der Waals surface area contributed by atoms with E-state index in [1.54, 1.807) is 11.3 Å². The highest BCUT2D eigenvalue weighted by Gasteiger charge is 2.47. The number of aliphatic hydroxyl groups is 3. The maximum Gasteiger partial charge on any atom is 0.225 e. The highest BCUT2D eigenvalue weighted by atomic mass is 32.1. The van der Waals surface area contributed by atoms with Crippen LogP contribution in [0.25, 0.3) is 20.8 Å². The molecule has 35 heavy (non-hydrogen) atoms. The first-order valence-corrected chi connectivity index (χ1v) is 13.4. The van der Waals surface area contributed by atoms with Crippen molar-refractivity contribution in [1.82, 2.24) is 19.9 Å².